The highest BCUT2D eigenvalue weighted by atomic mass is 16.3. The van der Waals surface area contributed by atoms with Crippen LogP contribution in [0.5, 0.6) is 5.75 Å². The average molecular weight is 743 g/mol. The molecular formula is C41H42N8O6. The van der Waals surface area contributed by atoms with E-state index >= 15 is 0 Å². The molecule has 3 aromatic carbocycles. The summed E-state index contributed by atoms with van der Waals surface area (Å²) in [4.78, 5) is 69.6. The molecule has 8 rings (SSSR count). The van der Waals surface area contributed by atoms with Crippen LogP contribution in [-0.2, 0) is 19.8 Å². The van der Waals surface area contributed by atoms with Crippen molar-refractivity contribution in [2.45, 2.75) is 50.0 Å². The molecule has 4 aromatic rings. The standard InChI is InChI=1S/C41H42N8O6/c42-36-33(23-31(45-46-36)29-8-4-5-9-34(29)50)48-20-16-41(17-21-48,26-6-2-1-3-7-26)24-43-37(52)25-14-18-47(19-15-25)27-10-11-28-30(22-27)40(55)49(39(28)54)32-12-13-35(51)44-38(32)53/h1-11,22-23,25,32,50H,12-21,24H2,(H2,42,46)(H,43,52)(H,44,51,53). The monoisotopic (exact) mass is 742 g/mol. The van der Waals surface area contributed by atoms with Gasteiger partial charge in [0.15, 0.2) is 5.82 Å². The summed E-state index contributed by atoms with van der Waals surface area (Å²) in [6, 6.07) is 23.3. The van der Waals surface area contributed by atoms with E-state index < -0.39 is 29.7 Å². The number of carbonyl (C=O) groups is 5. The van der Waals surface area contributed by atoms with Crippen molar-refractivity contribution in [3.05, 3.63) is 95.6 Å². The lowest BCUT2D eigenvalue weighted by Crippen LogP contribution is -2.54. The second-order valence-electron chi connectivity index (χ2n) is 14.8. The summed E-state index contributed by atoms with van der Waals surface area (Å²) in [5, 5.41) is 24.4. The van der Waals surface area contributed by atoms with Crippen LogP contribution in [0.2, 0.25) is 0 Å². The molecule has 55 heavy (non-hydrogen) atoms. The number of nitrogens with two attached hydrogens (primary N) is 1. The van der Waals surface area contributed by atoms with Gasteiger partial charge in [0.05, 0.1) is 22.5 Å². The predicted molar refractivity (Wildman–Crippen MR) is 204 cm³/mol. The number of fused-ring (bicyclic) bond motifs is 1. The minimum atomic E-state index is -1.02. The summed E-state index contributed by atoms with van der Waals surface area (Å²) in [6.45, 7) is 3.04. The van der Waals surface area contributed by atoms with E-state index in [4.69, 9.17) is 5.73 Å². The van der Waals surface area contributed by atoms with Crippen LogP contribution in [0.1, 0.15) is 64.8 Å². The van der Waals surface area contributed by atoms with Gasteiger partial charge in [0.2, 0.25) is 17.7 Å². The fourth-order valence-electron chi connectivity index (χ4n) is 8.46. The Morgan fingerprint density at radius 3 is 2.25 bits per heavy atom. The highest BCUT2D eigenvalue weighted by Crippen LogP contribution is 2.39. The third-order valence-electron chi connectivity index (χ3n) is 11.7. The van der Waals surface area contributed by atoms with Gasteiger partial charge in [-0.2, -0.15) is 0 Å². The summed E-state index contributed by atoms with van der Waals surface area (Å²) >= 11 is 0. The van der Waals surface area contributed by atoms with Crippen molar-refractivity contribution >= 4 is 46.7 Å². The van der Waals surface area contributed by atoms with Gasteiger partial charge in [-0.25, -0.2) is 0 Å². The van der Waals surface area contributed by atoms with Crippen molar-refractivity contribution in [1.29, 1.82) is 0 Å². The number of aromatic hydroxyl groups is 1. The summed E-state index contributed by atoms with van der Waals surface area (Å²) in [6.07, 6.45) is 2.95. The topological polar surface area (TPSA) is 191 Å². The van der Waals surface area contributed by atoms with Crippen molar-refractivity contribution < 1.29 is 29.1 Å². The maximum Gasteiger partial charge on any atom is 0.262 e. The lowest BCUT2D eigenvalue weighted by molar-refractivity contribution is -0.136. The van der Waals surface area contributed by atoms with Gasteiger partial charge in [0, 0.05) is 61.7 Å². The second-order valence-corrected chi connectivity index (χ2v) is 14.8. The van der Waals surface area contributed by atoms with Crippen LogP contribution in [0.4, 0.5) is 17.2 Å². The molecule has 0 saturated carbocycles. The Balaban J connectivity index is 0.903. The molecule has 3 saturated heterocycles. The number of phenols is 1. The number of phenolic OH excluding ortho intramolecular Hbond substituents is 1. The van der Waals surface area contributed by atoms with Gasteiger partial charge < -0.3 is 26.0 Å². The van der Waals surface area contributed by atoms with Gasteiger partial charge in [0.1, 0.15) is 11.8 Å². The molecule has 4 aliphatic rings. The molecule has 5 N–H and O–H groups in total. The first-order chi connectivity index (χ1) is 26.6. The number of para-hydroxylation sites is 1. The second kappa shape index (κ2) is 14.5. The van der Waals surface area contributed by atoms with Crippen molar-refractivity contribution in [1.82, 2.24) is 25.7 Å². The Morgan fingerprint density at radius 2 is 1.53 bits per heavy atom. The minimum absolute atomic E-state index is 0.0156. The normalized spacial score (nSPS) is 20.0. The molecule has 1 atom stereocenters. The molecule has 0 aliphatic carbocycles. The van der Waals surface area contributed by atoms with Gasteiger partial charge in [-0.05, 0) is 74.1 Å². The zero-order valence-corrected chi connectivity index (χ0v) is 30.2. The van der Waals surface area contributed by atoms with Crippen LogP contribution >= 0.6 is 0 Å². The van der Waals surface area contributed by atoms with E-state index in [1.165, 1.54) is 5.56 Å². The third-order valence-corrected chi connectivity index (χ3v) is 11.7. The Hall–Kier alpha value is -6.31. The van der Waals surface area contributed by atoms with Crippen LogP contribution in [-0.4, -0.2) is 88.5 Å². The van der Waals surface area contributed by atoms with Gasteiger partial charge in [-0.1, -0.05) is 42.5 Å². The third kappa shape index (κ3) is 6.72. The molecular weight excluding hydrogens is 701 g/mol. The van der Waals surface area contributed by atoms with Crippen molar-refractivity contribution in [2.24, 2.45) is 5.92 Å². The molecule has 3 fully saturated rings. The SMILES string of the molecule is Nc1nnc(-c2ccccc2O)cc1N1CCC(CNC(=O)C2CCN(c3ccc4c(c3)C(=O)N(C3CCC(=O)NC3=O)C4=O)CC2)(c2ccccc2)CC1. The molecule has 0 spiro atoms. The van der Waals surface area contributed by atoms with Crippen LogP contribution in [0.3, 0.4) is 0 Å². The number of carbonyl (C=O) groups excluding carboxylic acids is 5. The first-order valence-corrected chi connectivity index (χ1v) is 18.7. The fraction of sp³-hybridized carbons (Fsp3) is 0.341. The van der Waals surface area contributed by atoms with E-state index in [9.17, 15) is 29.1 Å². The fourth-order valence-corrected chi connectivity index (χ4v) is 8.46. The van der Waals surface area contributed by atoms with Gasteiger partial charge in [0.25, 0.3) is 11.8 Å². The van der Waals surface area contributed by atoms with Crippen LogP contribution in [0.25, 0.3) is 11.3 Å². The number of benzene rings is 3. The molecule has 1 unspecified atom stereocenters. The summed E-state index contributed by atoms with van der Waals surface area (Å²) < 4.78 is 0. The molecule has 14 heteroatoms. The number of hydrogen-bond donors (Lipinski definition) is 4. The maximum atomic E-state index is 13.7. The predicted octanol–water partition coefficient (Wildman–Crippen LogP) is 3.40. The molecule has 14 nitrogen and oxygen atoms in total. The van der Waals surface area contributed by atoms with E-state index in [0.29, 0.717) is 62.6 Å². The largest absolute Gasteiger partial charge is 0.507 e. The molecule has 282 valence electrons. The van der Waals surface area contributed by atoms with E-state index in [1.807, 2.05) is 30.3 Å². The zero-order chi connectivity index (χ0) is 38.3. The molecule has 1 aromatic heterocycles. The maximum absolute atomic E-state index is 13.7. The van der Waals surface area contributed by atoms with E-state index in [2.05, 4.69) is 42.8 Å². The number of piperidine rings is 3. The number of nitrogens with zero attached hydrogens (tertiary/aromatic N) is 5. The first-order valence-electron chi connectivity index (χ1n) is 18.7. The molecule has 0 bridgehead atoms. The van der Waals surface area contributed by atoms with Crippen LogP contribution < -0.4 is 26.2 Å². The summed E-state index contributed by atoms with van der Waals surface area (Å²) in [5.74, 6) is -1.86. The Labute approximate surface area is 317 Å². The highest BCUT2D eigenvalue weighted by Gasteiger charge is 2.45. The molecule has 5 amide bonds. The smallest absolute Gasteiger partial charge is 0.262 e. The summed E-state index contributed by atoms with van der Waals surface area (Å²) in [5.41, 5.74) is 10.3. The van der Waals surface area contributed by atoms with E-state index in [-0.39, 0.29) is 47.0 Å². The van der Waals surface area contributed by atoms with Gasteiger partial charge >= 0.3 is 0 Å². The Morgan fingerprint density at radius 1 is 0.818 bits per heavy atom. The van der Waals surface area contributed by atoms with Crippen molar-refractivity contribution in [2.75, 3.05) is 48.3 Å². The number of amides is 5. The molecule has 5 heterocycles. The number of anilines is 3. The van der Waals surface area contributed by atoms with E-state index in [0.717, 1.165) is 29.1 Å². The molecule has 4 aliphatic heterocycles. The van der Waals surface area contributed by atoms with Crippen LogP contribution in [0, 0.1) is 5.92 Å². The average Bonchev–Trinajstić information content (AvgIpc) is 3.46. The minimum Gasteiger partial charge on any atom is -0.507 e. The lowest BCUT2D eigenvalue weighted by Gasteiger charge is -2.43. The summed E-state index contributed by atoms with van der Waals surface area (Å²) in [7, 11) is 0. The quantitative estimate of drug-likeness (QED) is 0.194. The molecule has 0 radical (unpaired) electrons. The van der Waals surface area contributed by atoms with Crippen LogP contribution in [0.15, 0.2) is 78.9 Å². The van der Waals surface area contributed by atoms with Crippen molar-refractivity contribution in [3.63, 3.8) is 0 Å². The lowest BCUT2D eigenvalue weighted by atomic mass is 9.72. The Kier molecular flexibility index (Phi) is 9.41. The van der Waals surface area contributed by atoms with E-state index in [1.54, 1.807) is 36.4 Å². The number of nitrogens with one attached hydrogen (secondary N) is 2. The number of imide groups is 2. The highest BCUT2D eigenvalue weighted by molar-refractivity contribution is 6.23. The van der Waals surface area contributed by atoms with Gasteiger partial charge in [-0.3, -0.25) is 34.2 Å². The first kappa shape index (κ1) is 35.7. The van der Waals surface area contributed by atoms with Gasteiger partial charge in [-0.15, -0.1) is 10.2 Å². The van der Waals surface area contributed by atoms with Crippen molar-refractivity contribution in [3.8, 4) is 17.0 Å². The zero-order valence-electron chi connectivity index (χ0n) is 30.2. The Bertz CT molecular complexity index is 2180. The number of hydrogen-bond acceptors (Lipinski definition) is 11. The number of aromatic nitrogens is 2. The number of rotatable bonds is 8. The number of nitrogen functional groups attached to an aromatic ring is 1.